The summed E-state index contributed by atoms with van der Waals surface area (Å²) in [5.74, 6) is -3.64. The Kier molecular flexibility index (Phi) is 6.40. The van der Waals surface area contributed by atoms with Gasteiger partial charge in [0.15, 0.2) is 12.3 Å². The van der Waals surface area contributed by atoms with Crippen molar-refractivity contribution in [3.63, 3.8) is 0 Å². The second-order valence-electron chi connectivity index (χ2n) is 4.44. The molecule has 1 N–H and O–H groups in total. The lowest BCUT2D eigenvalue weighted by atomic mass is 10.3. The normalized spacial score (nSPS) is 10.5. The standard InChI is InChI=1S/C14H6Cl4F2N2O3/c15-9-10(16)12(22-13(18)11(9)17)14(24)25-4-8(23)21-7-3-5(19)1-2-6(7)20/h1-3H,4H2,(H,21,23). The van der Waals surface area contributed by atoms with Crippen LogP contribution in [-0.4, -0.2) is 23.5 Å². The van der Waals surface area contributed by atoms with E-state index in [1.165, 1.54) is 0 Å². The molecule has 0 aliphatic carbocycles. The van der Waals surface area contributed by atoms with Crippen molar-refractivity contribution in [1.29, 1.82) is 0 Å². The highest BCUT2D eigenvalue weighted by Crippen LogP contribution is 2.36. The second kappa shape index (κ2) is 8.14. The summed E-state index contributed by atoms with van der Waals surface area (Å²) in [6.45, 7) is -0.815. The van der Waals surface area contributed by atoms with E-state index < -0.39 is 41.5 Å². The Hall–Kier alpha value is -1.67. The van der Waals surface area contributed by atoms with E-state index in [0.29, 0.717) is 0 Å². The minimum atomic E-state index is -1.11. The molecule has 132 valence electrons. The van der Waals surface area contributed by atoms with Gasteiger partial charge in [-0.25, -0.2) is 18.6 Å². The zero-order valence-corrected chi connectivity index (χ0v) is 14.9. The summed E-state index contributed by atoms with van der Waals surface area (Å²) in [4.78, 5) is 27.2. The van der Waals surface area contributed by atoms with Crippen LogP contribution in [0.4, 0.5) is 14.5 Å². The third-order valence-corrected chi connectivity index (χ3v) is 4.39. The Balaban J connectivity index is 2.05. The summed E-state index contributed by atoms with van der Waals surface area (Å²) in [7, 11) is 0. The van der Waals surface area contributed by atoms with Crippen molar-refractivity contribution in [1.82, 2.24) is 4.98 Å². The molecule has 0 radical (unpaired) electrons. The predicted octanol–water partition coefficient (Wildman–Crippen LogP) is 4.77. The second-order valence-corrected chi connectivity index (χ2v) is 5.93. The number of pyridine rings is 1. The summed E-state index contributed by atoms with van der Waals surface area (Å²) >= 11 is 23.0. The number of amides is 1. The predicted molar refractivity (Wildman–Crippen MR) is 89.5 cm³/mol. The molecule has 11 heteroatoms. The van der Waals surface area contributed by atoms with E-state index in [-0.39, 0.29) is 20.2 Å². The molecular weight excluding hydrogens is 424 g/mol. The molecule has 1 amide bonds. The number of nitrogens with zero attached hydrogens (tertiary/aromatic N) is 1. The van der Waals surface area contributed by atoms with Crippen molar-refractivity contribution in [2.45, 2.75) is 0 Å². The lowest BCUT2D eigenvalue weighted by Crippen LogP contribution is -2.22. The number of halogens is 6. The Morgan fingerprint density at radius 2 is 1.76 bits per heavy atom. The van der Waals surface area contributed by atoms with Gasteiger partial charge < -0.3 is 10.1 Å². The number of ether oxygens (including phenoxy) is 1. The summed E-state index contributed by atoms with van der Waals surface area (Å²) in [5, 5.41) is 1.10. The molecule has 5 nitrogen and oxygen atoms in total. The third kappa shape index (κ3) is 4.70. The monoisotopic (exact) mass is 428 g/mol. The van der Waals surface area contributed by atoms with Crippen LogP contribution in [0.25, 0.3) is 0 Å². The van der Waals surface area contributed by atoms with Crippen LogP contribution in [0, 0.1) is 11.6 Å². The molecule has 0 unspecified atom stereocenters. The lowest BCUT2D eigenvalue weighted by Gasteiger charge is -2.09. The highest BCUT2D eigenvalue weighted by atomic mass is 35.5. The smallest absolute Gasteiger partial charge is 0.359 e. The fourth-order valence-electron chi connectivity index (χ4n) is 1.60. The van der Waals surface area contributed by atoms with Gasteiger partial charge in [-0.05, 0) is 12.1 Å². The van der Waals surface area contributed by atoms with Crippen molar-refractivity contribution in [3.05, 3.63) is 55.7 Å². The fraction of sp³-hybridized carbons (Fsp3) is 0.0714. The number of hydrogen-bond acceptors (Lipinski definition) is 4. The molecular formula is C14H6Cl4F2N2O3. The number of carbonyl (C=O) groups excluding carboxylic acids is 2. The number of carbonyl (C=O) groups is 2. The average Bonchev–Trinajstić information content (AvgIpc) is 2.57. The molecule has 0 aliphatic rings. The fourth-order valence-corrected chi connectivity index (χ4v) is 2.41. The maximum atomic E-state index is 13.4. The van der Waals surface area contributed by atoms with Crippen molar-refractivity contribution in [2.24, 2.45) is 0 Å². The number of benzene rings is 1. The van der Waals surface area contributed by atoms with Crippen molar-refractivity contribution in [3.8, 4) is 0 Å². The van der Waals surface area contributed by atoms with Crippen LogP contribution in [0.5, 0.6) is 0 Å². The van der Waals surface area contributed by atoms with E-state index in [0.717, 1.165) is 18.2 Å². The van der Waals surface area contributed by atoms with Crippen LogP contribution in [0.15, 0.2) is 18.2 Å². The molecule has 0 aliphatic heterocycles. The summed E-state index contributed by atoms with van der Waals surface area (Å²) in [6, 6.07) is 2.48. The molecule has 25 heavy (non-hydrogen) atoms. The Morgan fingerprint density at radius 1 is 1.08 bits per heavy atom. The van der Waals surface area contributed by atoms with Gasteiger partial charge in [-0.3, -0.25) is 4.79 Å². The third-order valence-electron chi connectivity index (χ3n) is 2.71. The van der Waals surface area contributed by atoms with E-state index in [4.69, 9.17) is 46.4 Å². The van der Waals surface area contributed by atoms with Gasteiger partial charge in [0.1, 0.15) is 16.8 Å². The van der Waals surface area contributed by atoms with Gasteiger partial charge >= 0.3 is 5.97 Å². The molecule has 0 bridgehead atoms. The van der Waals surface area contributed by atoms with Crippen molar-refractivity contribution < 1.29 is 23.1 Å². The number of nitrogens with one attached hydrogen (secondary N) is 1. The van der Waals surface area contributed by atoms with Gasteiger partial charge in [0.05, 0.1) is 20.8 Å². The average molecular weight is 430 g/mol. The molecule has 1 heterocycles. The van der Waals surface area contributed by atoms with E-state index >= 15 is 0 Å². The first-order chi connectivity index (χ1) is 11.7. The minimum Gasteiger partial charge on any atom is -0.451 e. The molecule has 2 rings (SSSR count). The number of rotatable bonds is 4. The zero-order chi connectivity index (χ0) is 18.7. The van der Waals surface area contributed by atoms with E-state index in [9.17, 15) is 18.4 Å². The molecule has 0 saturated carbocycles. The van der Waals surface area contributed by atoms with E-state index in [1.807, 2.05) is 5.32 Å². The lowest BCUT2D eigenvalue weighted by molar-refractivity contribution is -0.119. The minimum absolute atomic E-state index is 0.149. The van der Waals surface area contributed by atoms with Crippen LogP contribution in [0.3, 0.4) is 0 Å². The number of esters is 1. The Morgan fingerprint density at radius 3 is 2.44 bits per heavy atom. The first kappa shape index (κ1) is 19.7. The number of aromatic nitrogens is 1. The van der Waals surface area contributed by atoms with Crippen LogP contribution in [-0.2, 0) is 9.53 Å². The molecule has 0 atom stereocenters. The van der Waals surface area contributed by atoms with Gasteiger partial charge in [0.25, 0.3) is 5.91 Å². The summed E-state index contributed by atoms with van der Waals surface area (Å²) in [5.41, 5.74) is -0.861. The van der Waals surface area contributed by atoms with Gasteiger partial charge in [-0.1, -0.05) is 46.4 Å². The zero-order valence-electron chi connectivity index (χ0n) is 11.9. The highest BCUT2D eigenvalue weighted by molar-refractivity contribution is 6.52. The maximum Gasteiger partial charge on any atom is 0.359 e. The van der Waals surface area contributed by atoms with Crippen molar-refractivity contribution >= 4 is 64.0 Å². The van der Waals surface area contributed by atoms with Gasteiger partial charge in [0, 0.05) is 6.07 Å². The summed E-state index contributed by atoms with van der Waals surface area (Å²) in [6.07, 6.45) is 0. The van der Waals surface area contributed by atoms with Gasteiger partial charge in [-0.2, -0.15) is 0 Å². The molecule has 0 fully saturated rings. The number of hydrogen-bond donors (Lipinski definition) is 1. The first-order valence-electron chi connectivity index (χ1n) is 6.32. The molecule has 1 aromatic heterocycles. The van der Waals surface area contributed by atoms with E-state index in [1.54, 1.807) is 0 Å². The molecule has 2 aromatic rings. The Labute approximate surface area is 159 Å². The van der Waals surface area contributed by atoms with Gasteiger partial charge in [-0.15, -0.1) is 0 Å². The molecule has 1 aromatic carbocycles. The van der Waals surface area contributed by atoms with Crippen LogP contribution in [0.2, 0.25) is 20.2 Å². The maximum absolute atomic E-state index is 13.4. The van der Waals surface area contributed by atoms with Crippen LogP contribution < -0.4 is 5.32 Å². The first-order valence-corrected chi connectivity index (χ1v) is 7.84. The highest BCUT2D eigenvalue weighted by Gasteiger charge is 2.22. The molecule has 0 saturated heterocycles. The molecule has 0 spiro atoms. The topological polar surface area (TPSA) is 68.3 Å². The quantitative estimate of drug-likeness (QED) is 0.561. The van der Waals surface area contributed by atoms with Crippen LogP contribution in [0.1, 0.15) is 10.5 Å². The van der Waals surface area contributed by atoms with Gasteiger partial charge in [0.2, 0.25) is 0 Å². The summed E-state index contributed by atoms with van der Waals surface area (Å²) < 4.78 is 31.1. The van der Waals surface area contributed by atoms with Crippen LogP contribution >= 0.6 is 46.4 Å². The SMILES string of the molecule is O=C(COC(=O)c1nc(Cl)c(Cl)c(Cl)c1Cl)Nc1cc(F)ccc1F. The van der Waals surface area contributed by atoms with E-state index in [2.05, 4.69) is 9.72 Å². The van der Waals surface area contributed by atoms with Crippen molar-refractivity contribution in [2.75, 3.05) is 11.9 Å². The Bertz CT molecular complexity index is 864. The number of anilines is 1. The largest absolute Gasteiger partial charge is 0.451 e.